The van der Waals surface area contributed by atoms with Gasteiger partial charge in [0.1, 0.15) is 0 Å². The van der Waals surface area contributed by atoms with E-state index in [0.29, 0.717) is 0 Å². The summed E-state index contributed by atoms with van der Waals surface area (Å²) < 4.78 is 8.94. The second-order valence-corrected chi connectivity index (χ2v) is 13.4. The average molecular weight is 653 g/mol. The molecule has 0 N–H and O–H groups in total. The number of ether oxygens (including phenoxy) is 1. The lowest BCUT2D eigenvalue weighted by atomic mass is 9.85. The Bertz CT molecular complexity index is 1670. The van der Waals surface area contributed by atoms with Crippen LogP contribution in [0.25, 0.3) is 21.9 Å². The second-order valence-electron chi connectivity index (χ2n) is 11.6. The molecular formula is C36H31Br2NO. The summed E-state index contributed by atoms with van der Waals surface area (Å²) in [4.78, 5) is 2.36. The van der Waals surface area contributed by atoms with Crippen LogP contribution < -0.4 is 4.90 Å². The summed E-state index contributed by atoms with van der Waals surface area (Å²) in [7, 11) is 0. The van der Waals surface area contributed by atoms with Gasteiger partial charge in [0.25, 0.3) is 0 Å². The van der Waals surface area contributed by atoms with Gasteiger partial charge in [0.15, 0.2) is 0 Å². The van der Waals surface area contributed by atoms with Crippen LogP contribution in [0.2, 0.25) is 0 Å². The molecule has 0 amide bonds. The molecule has 40 heavy (non-hydrogen) atoms. The fraction of sp³-hybridized carbons (Fsp3) is 0.222. The summed E-state index contributed by atoms with van der Waals surface area (Å²) >= 11 is 7.24. The fourth-order valence-corrected chi connectivity index (χ4v) is 7.31. The fourth-order valence-electron chi connectivity index (χ4n) is 6.78. The molecule has 1 saturated carbocycles. The molecule has 0 aromatic heterocycles. The summed E-state index contributed by atoms with van der Waals surface area (Å²) in [5.74, 6) is 0. The lowest BCUT2D eigenvalue weighted by Crippen LogP contribution is -2.25. The largest absolute Gasteiger partial charge is 0.360 e. The monoisotopic (exact) mass is 651 g/mol. The quantitative estimate of drug-likeness (QED) is 0.191. The van der Waals surface area contributed by atoms with Gasteiger partial charge in [-0.1, -0.05) is 81.1 Å². The molecule has 1 heterocycles. The van der Waals surface area contributed by atoms with E-state index >= 15 is 0 Å². The van der Waals surface area contributed by atoms with E-state index in [1.165, 1.54) is 45.9 Å². The molecule has 7 rings (SSSR count). The molecule has 1 aliphatic heterocycles. The molecule has 200 valence electrons. The first-order valence-corrected chi connectivity index (χ1v) is 15.6. The number of anilines is 3. The molecule has 0 atom stereocenters. The van der Waals surface area contributed by atoms with Crippen LogP contribution in [-0.2, 0) is 15.9 Å². The first-order chi connectivity index (χ1) is 19.3. The number of hydrogen-bond acceptors (Lipinski definition) is 2. The van der Waals surface area contributed by atoms with Crippen molar-refractivity contribution in [1.29, 1.82) is 0 Å². The number of halogens is 2. The van der Waals surface area contributed by atoms with E-state index in [0.717, 1.165) is 38.8 Å². The van der Waals surface area contributed by atoms with E-state index in [4.69, 9.17) is 4.74 Å². The predicted octanol–water partition coefficient (Wildman–Crippen LogP) is 11.5. The van der Waals surface area contributed by atoms with Gasteiger partial charge in [-0.05, 0) is 121 Å². The molecule has 1 fully saturated rings. The topological polar surface area (TPSA) is 12.5 Å². The Kier molecular flexibility index (Phi) is 6.42. The maximum absolute atomic E-state index is 6.81. The lowest BCUT2D eigenvalue weighted by molar-refractivity contribution is -0.122. The van der Waals surface area contributed by atoms with Gasteiger partial charge in [0.05, 0.1) is 16.9 Å². The highest BCUT2D eigenvalue weighted by Gasteiger charge is 2.50. The molecule has 0 bridgehead atoms. The molecule has 0 radical (unpaired) electrons. The van der Waals surface area contributed by atoms with Gasteiger partial charge >= 0.3 is 0 Å². The van der Waals surface area contributed by atoms with Gasteiger partial charge in [-0.2, -0.15) is 0 Å². The standard InChI is InChI=1S/C36H31Br2NO/c1-35(2)33-22-24(9-18-32(33)36(40-35)19-5-6-20-36)26-21-25-7-3-4-8-31(25)34(23-26)39(29-14-10-27(37)11-15-29)30-16-12-28(38)13-17-30/h3-4,7-18,21-23H,5-6,19-20H2,1-2H3. The molecular weight excluding hydrogens is 622 g/mol. The summed E-state index contributed by atoms with van der Waals surface area (Å²) in [5, 5.41) is 2.43. The second kappa shape index (κ2) is 9.87. The van der Waals surface area contributed by atoms with E-state index in [-0.39, 0.29) is 11.2 Å². The molecule has 4 heteroatoms. The van der Waals surface area contributed by atoms with Gasteiger partial charge in [-0.15, -0.1) is 0 Å². The van der Waals surface area contributed by atoms with Crippen molar-refractivity contribution in [2.24, 2.45) is 0 Å². The Balaban J connectivity index is 1.43. The maximum atomic E-state index is 6.81. The van der Waals surface area contributed by atoms with Crippen molar-refractivity contribution in [1.82, 2.24) is 0 Å². The highest BCUT2D eigenvalue weighted by molar-refractivity contribution is 9.10. The van der Waals surface area contributed by atoms with Crippen LogP contribution in [-0.4, -0.2) is 0 Å². The Morgan fingerprint density at radius 2 is 1.27 bits per heavy atom. The van der Waals surface area contributed by atoms with Crippen LogP contribution in [0.1, 0.15) is 50.7 Å². The predicted molar refractivity (Wildman–Crippen MR) is 174 cm³/mol. The first-order valence-electron chi connectivity index (χ1n) is 14.0. The minimum Gasteiger partial charge on any atom is -0.360 e. The van der Waals surface area contributed by atoms with E-state index in [9.17, 15) is 0 Å². The first kappa shape index (κ1) is 26.0. The number of benzene rings is 5. The van der Waals surface area contributed by atoms with Crippen LogP contribution in [0.4, 0.5) is 17.1 Å². The Morgan fingerprint density at radius 3 is 1.93 bits per heavy atom. The van der Waals surface area contributed by atoms with Gasteiger partial charge in [-0.3, -0.25) is 0 Å². The maximum Gasteiger partial charge on any atom is 0.0946 e. The van der Waals surface area contributed by atoms with E-state index in [1.807, 2.05) is 0 Å². The van der Waals surface area contributed by atoms with Gasteiger partial charge < -0.3 is 9.64 Å². The molecule has 2 aliphatic rings. The molecule has 2 nitrogen and oxygen atoms in total. The minimum atomic E-state index is -0.295. The number of rotatable bonds is 4. The zero-order chi connectivity index (χ0) is 27.5. The molecule has 5 aromatic rings. The number of fused-ring (bicyclic) bond motifs is 3. The SMILES string of the molecule is CC1(C)OC2(CCCC2)c2ccc(-c3cc(N(c4ccc(Br)cc4)c4ccc(Br)cc4)c4ccccc4c3)cc21. The van der Waals surface area contributed by atoms with Gasteiger partial charge in [-0.25, -0.2) is 0 Å². The third-order valence-corrected chi connectivity index (χ3v) is 9.66. The summed E-state index contributed by atoms with van der Waals surface area (Å²) in [5.41, 5.74) is 8.13. The van der Waals surface area contributed by atoms with E-state index < -0.39 is 0 Å². The molecule has 5 aromatic carbocycles. The van der Waals surface area contributed by atoms with Crippen molar-refractivity contribution in [2.45, 2.75) is 50.7 Å². The molecule has 0 unspecified atom stereocenters. The van der Waals surface area contributed by atoms with Crippen molar-refractivity contribution < 1.29 is 4.74 Å². The van der Waals surface area contributed by atoms with Crippen LogP contribution >= 0.6 is 31.9 Å². The summed E-state index contributed by atoms with van der Waals surface area (Å²) in [6.07, 6.45) is 4.73. The third-order valence-electron chi connectivity index (χ3n) is 8.60. The highest BCUT2D eigenvalue weighted by Crippen LogP contribution is 2.55. The van der Waals surface area contributed by atoms with E-state index in [1.54, 1.807) is 0 Å². The number of nitrogens with zero attached hydrogens (tertiary/aromatic N) is 1. The summed E-state index contributed by atoms with van der Waals surface area (Å²) in [6.45, 7) is 4.47. The Hall–Kier alpha value is -2.92. The van der Waals surface area contributed by atoms with Crippen molar-refractivity contribution in [3.05, 3.63) is 123 Å². The zero-order valence-electron chi connectivity index (χ0n) is 22.8. The van der Waals surface area contributed by atoms with Crippen molar-refractivity contribution >= 4 is 59.7 Å². The lowest BCUT2D eigenvalue weighted by Gasteiger charge is -2.28. The van der Waals surface area contributed by atoms with E-state index in [2.05, 4.69) is 154 Å². The molecule has 0 saturated heterocycles. The van der Waals surface area contributed by atoms with Gasteiger partial charge in [0, 0.05) is 25.7 Å². The van der Waals surface area contributed by atoms with Crippen molar-refractivity contribution in [3.8, 4) is 11.1 Å². The minimum absolute atomic E-state index is 0.105. The highest BCUT2D eigenvalue weighted by atomic mass is 79.9. The Labute approximate surface area is 253 Å². The number of hydrogen-bond donors (Lipinski definition) is 0. The Morgan fingerprint density at radius 1 is 0.650 bits per heavy atom. The summed E-state index contributed by atoms with van der Waals surface area (Å²) in [6, 6.07) is 37.5. The average Bonchev–Trinajstić information content (AvgIpc) is 3.51. The molecule has 1 spiro atoms. The van der Waals surface area contributed by atoms with Gasteiger partial charge in [0.2, 0.25) is 0 Å². The normalized spacial score (nSPS) is 16.9. The molecule has 1 aliphatic carbocycles. The third kappa shape index (κ3) is 4.41. The van der Waals surface area contributed by atoms with Crippen LogP contribution in [0.15, 0.2) is 112 Å². The van der Waals surface area contributed by atoms with Crippen LogP contribution in [0.5, 0.6) is 0 Å². The van der Waals surface area contributed by atoms with Crippen LogP contribution in [0.3, 0.4) is 0 Å². The van der Waals surface area contributed by atoms with Crippen LogP contribution in [0, 0.1) is 0 Å². The van der Waals surface area contributed by atoms with Crippen molar-refractivity contribution in [3.63, 3.8) is 0 Å². The van der Waals surface area contributed by atoms with Crippen molar-refractivity contribution in [2.75, 3.05) is 4.90 Å². The zero-order valence-corrected chi connectivity index (χ0v) is 25.9. The smallest absolute Gasteiger partial charge is 0.0946 e.